The predicted molar refractivity (Wildman–Crippen MR) is 107 cm³/mol. The maximum Gasteiger partial charge on any atom is 0.324 e. The number of guanidine groups is 1. The lowest BCUT2D eigenvalue weighted by molar-refractivity contribution is -0.124. The van der Waals surface area contributed by atoms with Crippen LogP contribution in [-0.4, -0.2) is 69.2 Å². The van der Waals surface area contributed by atoms with Crippen LogP contribution in [-0.2, 0) is 9.53 Å². The Balaban J connectivity index is 0.00000312. The van der Waals surface area contributed by atoms with Crippen LogP contribution >= 0.6 is 24.0 Å². The van der Waals surface area contributed by atoms with Crippen molar-refractivity contribution in [2.75, 3.05) is 46.4 Å². The minimum Gasteiger partial charge on any atom is -0.385 e. The number of nitrogens with zero attached hydrogens (tertiary/aromatic N) is 2. The molecule has 3 N–H and O–H groups in total. The van der Waals surface area contributed by atoms with Crippen molar-refractivity contribution in [3.63, 3.8) is 0 Å². The van der Waals surface area contributed by atoms with E-state index in [0.29, 0.717) is 13.1 Å². The van der Waals surface area contributed by atoms with Crippen LogP contribution in [0.5, 0.6) is 0 Å². The van der Waals surface area contributed by atoms with Gasteiger partial charge in [0, 0.05) is 39.9 Å². The highest BCUT2D eigenvalue weighted by Gasteiger charge is 2.36. The van der Waals surface area contributed by atoms with Crippen LogP contribution in [0.15, 0.2) is 4.99 Å². The molecule has 2 aliphatic rings. The second-order valence-corrected chi connectivity index (χ2v) is 6.42. The molecule has 1 saturated carbocycles. The molecule has 1 aliphatic carbocycles. The summed E-state index contributed by atoms with van der Waals surface area (Å²) in [4.78, 5) is 29.0. The maximum absolute atomic E-state index is 11.5. The summed E-state index contributed by atoms with van der Waals surface area (Å²) < 4.78 is 5.21. The third kappa shape index (κ3) is 6.28. The van der Waals surface area contributed by atoms with Crippen molar-refractivity contribution in [1.82, 2.24) is 20.9 Å². The predicted octanol–water partition coefficient (Wildman–Crippen LogP) is 0.918. The van der Waals surface area contributed by atoms with Gasteiger partial charge in [-0.05, 0) is 31.6 Å². The summed E-state index contributed by atoms with van der Waals surface area (Å²) >= 11 is 0. The summed E-state index contributed by atoms with van der Waals surface area (Å²) in [6.45, 7) is 5.23. The molecule has 0 aromatic carbocycles. The Morgan fingerprint density at radius 1 is 1.36 bits per heavy atom. The number of aliphatic imine (C=N–C) groups is 1. The van der Waals surface area contributed by atoms with E-state index in [-0.39, 0.29) is 47.9 Å². The van der Waals surface area contributed by atoms with Gasteiger partial charge in [-0.25, -0.2) is 4.79 Å². The number of carbonyl (C=O) groups is 2. The van der Waals surface area contributed by atoms with Crippen molar-refractivity contribution in [1.29, 1.82) is 0 Å². The Morgan fingerprint density at radius 3 is 2.64 bits per heavy atom. The molecule has 2 rings (SSSR count). The molecule has 3 amide bonds. The molecule has 25 heavy (non-hydrogen) atoms. The first-order chi connectivity index (χ1) is 11.6. The molecule has 0 bridgehead atoms. The molecule has 0 unspecified atom stereocenters. The number of methoxy groups -OCH3 is 1. The minimum atomic E-state index is -0.322. The number of hydrogen-bond donors (Lipinski definition) is 3. The smallest absolute Gasteiger partial charge is 0.324 e. The fourth-order valence-corrected chi connectivity index (χ4v) is 3.04. The van der Waals surface area contributed by atoms with Crippen LogP contribution in [0.4, 0.5) is 4.79 Å². The zero-order valence-corrected chi connectivity index (χ0v) is 17.4. The Morgan fingerprint density at radius 2 is 2.12 bits per heavy atom. The lowest BCUT2D eigenvalue weighted by Crippen LogP contribution is -2.44. The van der Waals surface area contributed by atoms with Gasteiger partial charge in [0.1, 0.15) is 0 Å². The molecule has 2 fully saturated rings. The van der Waals surface area contributed by atoms with Crippen LogP contribution < -0.4 is 16.0 Å². The number of halogens is 1. The van der Waals surface area contributed by atoms with Gasteiger partial charge in [0.25, 0.3) is 0 Å². The molecule has 0 aromatic rings. The molecule has 1 saturated heterocycles. The average molecular weight is 467 g/mol. The van der Waals surface area contributed by atoms with E-state index in [1.165, 1.54) is 24.2 Å². The number of amides is 3. The Kier molecular flexibility index (Phi) is 9.47. The molecular formula is C16H30IN5O3. The highest BCUT2D eigenvalue weighted by atomic mass is 127. The van der Waals surface area contributed by atoms with Crippen molar-refractivity contribution in [2.45, 2.75) is 32.6 Å². The lowest BCUT2D eigenvalue weighted by Gasteiger charge is -2.40. The number of ether oxygens (including phenoxy) is 1. The first-order valence-electron chi connectivity index (χ1n) is 8.69. The van der Waals surface area contributed by atoms with E-state index in [2.05, 4.69) is 16.0 Å². The van der Waals surface area contributed by atoms with Crippen molar-refractivity contribution in [3.05, 3.63) is 0 Å². The summed E-state index contributed by atoms with van der Waals surface area (Å²) in [6, 6.07) is -0.322. The van der Waals surface area contributed by atoms with Gasteiger partial charge in [-0.2, -0.15) is 0 Å². The summed E-state index contributed by atoms with van der Waals surface area (Å²) in [6.07, 6.45) is 4.69. The summed E-state index contributed by atoms with van der Waals surface area (Å²) in [5.41, 5.74) is 0.267. The Labute approximate surface area is 166 Å². The fourth-order valence-electron chi connectivity index (χ4n) is 3.04. The Hall–Kier alpha value is -1.10. The third-order valence-corrected chi connectivity index (χ3v) is 4.73. The number of hydrogen-bond acceptors (Lipinski definition) is 4. The van der Waals surface area contributed by atoms with Gasteiger partial charge >= 0.3 is 6.03 Å². The first-order valence-corrected chi connectivity index (χ1v) is 8.69. The van der Waals surface area contributed by atoms with Crippen molar-refractivity contribution < 1.29 is 14.3 Å². The van der Waals surface area contributed by atoms with Gasteiger partial charge < -0.3 is 20.7 Å². The van der Waals surface area contributed by atoms with Gasteiger partial charge in [0.2, 0.25) is 5.91 Å². The fraction of sp³-hybridized carbons (Fsp3) is 0.812. The number of nitrogens with one attached hydrogen (secondary N) is 3. The van der Waals surface area contributed by atoms with Gasteiger partial charge in [-0.1, -0.05) is 6.42 Å². The molecule has 1 aliphatic heterocycles. The summed E-state index contributed by atoms with van der Waals surface area (Å²) in [7, 11) is 1.73. The van der Waals surface area contributed by atoms with Crippen molar-refractivity contribution >= 4 is 41.9 Å². The first kappa shape index (κ1) is 21.9. The third-order valence-electron chi connectivity index (χ3n) is 4.73. The number of urea groups is 1. The molecule has 0 radical (unpaired) electrons. The van der Waals surface area contributed by atoms with Crippen LogP contribution in [0.3, 0.4) is 0 Å². The van der Waals surface area contributed by atoms with Crippen LogP contribution in [0.25, 0.3) is 0 Å². The van der Waals surface area contributed by atoms with Crippen molar-refractivity contribution in [2.24, 2.45) is 10.4 Å². The van der Waals surface area contributed by atoms with E-state index < -0.39 is 0 Å². The van der Waals surface area contributed by atoms with E-state index in [1.807, 2.05) is 6.92 Å². The van der Waals surface area contributed by atoms with Gasteiger partial charge in [0.15, 0.2) is 5.96 Å². The number of carbonyl (C=O) groups excluding carboxylic acids is 2. The molecule has 0 atom stereocenters. The van der Waals surface area contributed by atoms with E-state index in [1.54, 1.807) is 7.11 Å². The summed E-state index contributed by atoms with van der Waals surface area (Å²) in [5, 5.41) is 8.92. The molecule has 144 valence electrons. The molecule has 0 spiro atoms. The van der Waals surface area contributed by atoms with E-state index in [9.17, 15) is 9.59 Å². The monoisotopic (exact) mass is 467 g/mol. The largest absolute Gasteiger partial charge is 0.385 e. The quantitative estimate of drug-likeness (QED) is 0.203. The van der Waals surface area contributed by atoms with Gasteiger partial charge in [0.05, 0.1) is 6.54 Å². The van der Waals surface area contributed by atoms with Crippen molar-refractivity contribution in [3.8, 4) is 0 Å². The molecule has 9 heteroatoms. The van der Waals surface area contributed by atoms with E-state index in [4.69, 9.17) is 9.73 Å². The van der Waals surface area contributed by atoms with Crippen LogP contribution in [0.2, 0.25) is 0 Å². The molecule has 8 nitrogen and oxygen atoms in total. The second kappa shape index (κ2) is 10.8. The zero-order valence-electron chi connectivity index (χ0n) is 15.1. The minimum absolute atomic E-state index is 0. The number of rotatable bonds is 9. The highest BCUT2D eigenvalue weighted by molar-refractivity contribution is 14.0. The summed E-state index contributed by atoms with van der Waals surface area (Å²) in [5.74, 6) is 0.546. The zero-order chi connectivity index (χ0) is 17.4. The van der Waals surface area contributed by atoms with Gasteiger partial charge in [-0.15, -0.1) is 24.0 Å². The highest BCUT2D eigenvalue weighted by Crippen LogP contribution is 2.44. The van der Waals surface area contributed by atoms with E-state index >= 15 is 0 Å². The normalized spacial score (nSPS) is 19.1. The molecular weight excluding hydrogens is 437 g/mol. The standard InChI is InChI=1S/C16H29N5O3.HI/c1-3-17-14(18-8-9-21-13(22)11-19-15(21)23)20-12-16(5-4-6-16)7-10-24-2;/h3-12H2,1-2H3,(H,19,23)(H2,17,18,20);1H. The van der Waals surface area contributed by atoms with E-state index in [0.717, 1.165) is 32.1 Å². The Bertz CT molecular complexity index is 466. The molecule has 1 heterocycles. The maximum atomic E-state index is 11.5. The van der Waals surface area contributed by atoms with Gasteiger partial charge in [-0.3, -0.25) is 14.7 Å². The second-order valence-electron chi connectivity index (χ2n) is 6.42. The lowest BCUT2D eigenvalue weighted by atomic mass is 9.67. The average Bonchev–Trinajstić information content (AvgIpc) is 2.85. The topological polar surface area (TPSA) is 95.1 Å². The van der Waals surface area contributed by atoms with Crippen LogP contribution in [0, 0.1) is 5.41 Å². The number of imide groups is 1. The molecule has 0 aromatic heterocycles. The SMILES string of the molecule is CCNC(=NCC1(CCOC)CCC1)NCCN1C(=O)CNC1=O.I. The van der Waals surface area contributed by atoms with Crippen LogP contribution in [0.1, 0.15) is 32.6 Å².